The molecule has 0 atom stereocenters. The highest BCUT2D eigenvalue weighted by Crippen LogP contribution is 2.46. The Balaban J connectivity index is 2.15. The lowest BCUT2D eigenvalue weighted by Gasteiger charge is -2.14. The van der Waals surface area contributed by atoms with Gasteiger partial charge in [-0.15, -0.1) is 11.6 Å². The third kappa shape index (κ3) is 2.84. The van der Waals surface area contributed by atoms with Crippen molar-refractivity contribution in [2.45, 2.75) is 24.7 Å². The maximum atomic E-state index is 12.9. The zero-order chi connectivity index (χ0) is 13.4. The normalized spacial score (nSPS) is 17.7. The molecule has 18 heavy (non-hydrogen) atoms. The van der Waals surface area contributed by atoms with Crippen LogP contribution in [0.15, 0.2) is 23.1 Å². The summed E-state index contributed by atoms with van der Waals surface area (Å²) in [4.78, 5) is 0.120. The van der Waals surface area contributed by atoms with Crippen molar-refractivity contribution >= 4 is 21.6 Å². The van der Waals surface area contributed by atoms with Crippen LogP contribution in [0.2, 0.25) is 0 Å². The first-order valence-electron chi connectivity index (χ1n) is 5.70. The summed E-state index contributed by atoms with van der Waals surface area (Å²) < 4.78 is 39.7. The molecule has 0 heterocycles. The molecule has 1 fully saturated rings. The van der Waals surface area contributed by atoms with Crippen molar-refractivity contribution < 1.29 is 12.8 Å². The Morgan fingerprint density at radius 3 is 2.61 bits per heavy atom. The van der Waals surface area contributed by atoms with Crippen molar-refractivity contribution in [2.24, 2.45) is 5.41 Å². The SMILES string of the molecule is Cc1cc(F)ccc1S(=O)(=O)NCC1(CCl)CC1. The highest BCUT2D eigenvalue weighted by Gasteiger charge is 2.42. The number of rotatable bonds is 5. The minimum absolute atomic E-state index is 0.0808. The number of benzene rings is 1. The third-order valence-electron chi connectivity index (χ3n) is 3.30. The van der Waals surface area contributed by atoms with Crippen molar-refractivity contribution in [3.8, 4) is 0 Å². The summed E-state index contributed by atoms with van der Waals surface area (Å²) in [5, 5.41) is 0. The Morgan fingerprint density at radius 2 is 2.11 bits per heavy atom. The smallest absolute Gasteiger partial charge is 0.211 e. The van der Waals surface area contributed by atoms with Gasteiger partial charge in [-0.3, -0.25) is 0 Å². The predicted octanol–water partition coefficient (Wildman–Crippen LogP) is 2.43. The van der Waals surface area contributed by atoms with Crippen LogP contribution in [0.5, 0.6) is 0 Å². The molecule has 2 rings (SSSR count). The van der Waals surface area contributed by atoms with E-state index in [9.17, 15) is 12.8 Å². The Morgan fingerprint density at radius 1 is 1.44 bits per heavy atom. The van der Waals surface area contributed by atoms with Gasteiger partial charge in [0.2, 0.25) is 10.0 Å². The van der Waals surface area contributed by atoms with Gasteiger partial charge in [0, 0.05) is 12.4 Å². The summed E-state index contributed by atoms with van der Waals surface area (Å²) in [5.41, 5.74) is 0.320. The lowest BCUT2D eigenvalue weighted by atomic mass is 10.1. The summed E-state index contributed by atoms with van der Waals surface area (Å²) in [7, 11) is -3.59. The van der Waals surface area contributed by atoms with Crippen molar-refractivity contribution in [3.05, 3.63) is 29.6 Å². The van der Waals surface area contributed by atoms with Crippen LogP contribution in [0.25, 0.3) is 0 Å². The van der Waals surface area contributed by atoms with Crippen molar-refractivity contribution in [3.63, 3.8) is 0 Å². The molecule has 0 aliphatic heterocycles. The molecular formula is C12H15ClFNO2S. The van der Waals surface area contributed by atoms with Gasteiger partial charge in [0.05, 0.1) is 4.90 Å². The minimum Gasteiger partial charge on any atom is -0.211 e. The van der Waals surface area contributed by atoms with Crippen LogP contribution < -0.4 is 4.72 Å². The Hall–Kier alpha value is -0.650. The average Bonchev–Trinajstić information content (AvgIpc) is 3.07. The first-order valence-corrected chi connectivity index (χ1v) is 7.72. The van der Waals surface area contributed by atoms with Gasteiger partial charge in [0.25, 0.3) is 0 Å². The highest BCUT2D eigenvalue weighted by atomic mass is 35.5. The minimum atomic E-state index is -3.59. The number of nitrogens with one attached hydrogen (secondary N) is 1. The number of alkyl halides is 1. The molecule has 1 aromatic carbocycles. The van der Waals surface area contributed by atoms with Gasteiger partial charge in [-0.05, 0) is 48.9 Å². The van der Waals surface area contributed by atoms with Gasteiger partial charge in [-0.25, -0.2) is 17.5 Å². The van der Waals surface area contributed by atoms with Gasteiger partial charge < -0.3 is 0 Å². The van der Waals surface area contributed by atoms with Crippen LogP contribution in [0.3, 0.4) is 0 Å². The average molecular weight is 292 g/mol. The summed E-state index contributed by atoms with van der Waals surface area (Å²) in [6.45, 7) is 1.92. The third-order valence-corrected chi connectivity index (χ3v) is 5.43. The number of aryl methyl sites for hydroxylation is 1. The standard InChI is InChI=1S/C12H15ClFNO2S/c1-9-6-10(14)2-3-11(9)18(16,17)15-8-12(7-13)4-5-12/h2-3,6,15H,4-5,7-8H2,1H3. The lowest BCUT2D eigenvalue weighted by Crippen LogP contribution is -2.31. The summed E-state index contributed by atoms with van der Waals surface area (Å²) in [6.07, 6.45) is 1.89. The van der Waals surface area contributed by atoms with Crippen LogP contribution in [0.4, 0.5) is 4.39 Å². The van der Waals surface area contributed by atoms with Crippen molar-refractivity contribution in [1.29, 1.82) is 0 Å². The molecule has 1 saturated carbocycles. The number of hydrogen-bond donors (Lipinski definition) is 1. The second-order valence-corrected chi connectivity index (χ2v) is 6.87. The molecule has 1 aliphatic carbocycles. The van der Waals surface area contributed by atoms with Crippen LogP contribution in [-0.4, -0.2) is 20.8 Å². The van der Waals surface area contributed by atoms with Crippen molar-refractivity contribution in [2.75, 3.05) is 12.4 Å². The molecule has 3 nitrogen and oxygen atoms in total. The lowest BCUT2D eigenvalue weighted by molar-refractivity contribution is 0.534. The van der Waals surface area contributed by atoms with E-state index in [1.807, 2.05) is 0 Å². The molecule has 0 amide bonds. The monoisotopic (exact) mass is 291 g/mol. The number of hydrogen-bond acceptors (Lipinski definition) is 2. The molecule has 6 heteroatoms. The van der Waals surface area contributed by atoms with Crippen LogP contribution in [0.1, 0.15) is 18.4 Å². The second kappa shape index (κ2) is 4.79. The molecule has 100 valence electrons. The van der Waals surface area contributed by atoms with E-state index in [1.165, 1.54) is 12.1 Å². The summed E-state index contributed by atoms with van der Waals surface area (Å²) in [6, 6.07) is 3.65. The van der Waals surface area contributed by atoms with E-state index in [4.69, 9.17) is 11.6 Å². The van der Waals surface area contributed by atoms with Gasteiger partial charge >= 0.3 is 0 Å². The van der Waals surface area contributed by atoms with Crippen LogP contribution in [0, 0.1) is 18.2 Å². The molecule has 0 unspecified atom stereocenters. The van der Waals surface area contributed by atoms with E-state index in [1.54, 1.807) is 6.92 Å². The first-order chi connectivity index (χ1) is 8.38. The molecule has 1 aromatic rings. The topological polar surface area (TPSA) is 46.2 Å². The number of sulfonamides is 1. The van der Waals surface area contributed by atoms with E-state index in [0.717, 1.165) is 18.9 Å². The molecule has 0 bridgehead atoms. The molecule has 1 N–H and O–H groups in total. The van der Waals surface area contributed by atoms with Crippen LogP contribution >= 0.6 is 11.6 Å². The Kier molecular flexibility index (Phi) is 3.67. The van der Waals surface area contributed by atoms with Gasteiger partial charge in [-0.2, -0.15) is 0 Å². The summed E-state index contributed by atoms with van der Waals surface area (Å²) in [5.74, 6) is 0.0173. The molecular weight excluding hydrogens is 277 g/mol. The molecule has 0 aromatic heterocycles. The Labute approximate surface area is 111 Å². The molecule has 0 saturated heterocycles. The van der Waals surface area contributed by atoms with E-state index in [-0.39, 0.29) is 10.3 Å². The summed E-state index contributed by atoms with van der Waals surface area (Å²) >= 11 is 5.80. The zero-order valence-electron chi connectivity index (χ0n) is 10.0. The van der Waals surface area contributed by atoms with Gasteiger partial charge in [0.1, 0.15) is 5.82 Å². The fraction of sp³-hybridized carbons (Fsp3) is 0.500. The first kappa shape index (κ1) is 13.8. The van der Waals surface area contributed by atoms with Crippen molar-refractivity contribution in [1.82, 2.24) is 4.72 Å². The predicted molar refractivity (Wildman–Crippen MR) is 68.7 cm³/mol. The fourth-order valence-electron chi connectivity index (χ4n) is 1.77. The Bertz CT molecular complexity index is 555. The molecule has 1 aliphatic rings. The maximum Gasteiger partial charge on any atom is 0.240 e. The quantitative estimate of drug-likeness (QED) is 0.847. The zero-order valence-corrected chi connectivity index (χ0v) is 11.6. The second-order valence-electron chi connectivity index (χ2n) is 4.87. The highest BCUT2D eigenvalue weighted by molar-refractivity contribution is 7.89. The fourth-order valence-corrected chi connectivity index (χ4v) is 3.52. The van der Waals surface area contributed by atoms with E-state index in [2.05, 4.69) is 4.72 Å². The maximum absolute atomic E-state index is 12.9. The number of halogens is 2. The van der Waals surface area contributed by atoms with E-state index < -0.39 is 15.8 Å². The molecule has 0 spiro atoms. The van der Waals surface area contributed by atoms with Crippen LogP contribution in [-0.2, 0) is 10.0 Å². The largest absolute Gasteiger partial charge is 0.240 e. The van der Waals surface area contributed by atoms with Gasteiger partial charge in [-0.1, -0.05) is 0 Å². The van der Waals surface area contributed by atoms with E-state index in [0.29, 0.717) is 18.0 Å². The molecule has 0 radical (unpaired) electrons. The van der Waals surface area contributed by atoms with E-state index >= 15 is 0 Å². The van der Waals surface area contributed by atoms with Gasteiger partial charge in [0.15, 0.2) is 0 Å².